The van der Waals surface area contributed by atoms with Crippen LogP contribution in [-0.2, 0) is 9.59 Å². The topological polar surface area (TPSA) is 138 Å². The van der Waals surface area contributed by atoms with Gasteiger partial charge in [0.1, 0.15) is 11.6 Å². The molecular formula is C32H29ClF3N3O6. The number of aliphatic carboxylic acids is 2. The molecule has 236 valence electrons. The van der Waals surface area contributed by atoms with Crippen LogP contribution in [0.1, 0.15) is 34.8 Å². The predicted molar refractivity (Wildman–Crippen MR) is 162 cm³/mol. The second-order valence-corrected chi connectivity index (χ2v) is 9.86. The van der Waals surface area contributed by atoms with Crippen LogP contribution in [0.5, 0.6) is 5.75 Å². The summed E-state index contributed by atoms with van der Waals surface area (Å²) in [6, 6.07) is 26.8. The highest BCUT2D eigenvalue weighted by Crippen LogP contribution is 2.25. The zero-order chi connectivity index (χ0) is 32.8. The van der Waals surface area contributed by atoms with E-state index in [0.717, 1.165) is 23.4 Å². The Bertz CT molecular complexity index is 1550. The maximum atomic E-state index is 13.0. The van der Waals surface area contributed by atoms with Gasteiger partial charge in [-0.1, -0.05) is 60.1 Å². The minimum Gasteiger partial charge on any atom is -0.494 e. The van der Waals surface area contributed by atoms with Gasteiger partial charge < -0.3 is 25.6 Å². The van der Waals surface area contributed by atoms with Gasteiger partial charge in [-0.15, -0.1) is 0 Å². The zero-order valence-corrected chi connectivity index (χ0v) is 24.4. The lowest BCUT2D eigenvalue weighted by molar-refractivity contribution is -0.192. The number of hydrogen-bond acceptors (Lipinski definition) is 6. The van der Waals surface area contributed by atoms with Crippen LogP contribution in [0.25, 0.3) is 11.1 Å². The monoisotopic (exact) mass is 643 g/mol. The van der Waals surface area contributed by atoms with Crippen molar-refractivity contribution in [3.63, 3.8) is 0 Å². The number of carboxylic acids is 2. The third kappa shape index (κ3) is 11.8. The molecule has 0 saturated carbocycles. The van der Waals surface area contributed by atoms with Gasteiger partial charge in [0.05, 0.1) is 19.1 Å². The van der Waals surface area contributed by atoms with Crippen LogP contribution in [0.4, 0.5) is 19.0 Å². The molecule has 3 aromatic carbocycles. The van der Waals surface area contributed by atoms with E-state index in [-0.39, 0.29) is 12.3 Å². The quantitative estimate of drug-likeness (QED) is 0.123. The van der Waals surface area contributed by atoms with Gasteiger partial charge in [0.25, 0.3) is 5.91 Å². The van der Waals surface area contributed by atoms with Crippen LogP contribution in [0.2, 0.25) is 5.02 Å². The number of aromatic nitrogens is 1. The van der Waals surface area contributed by atoms with E-state index in [1.165, 1.54) is 0 Å². The molecule has 0 radical (unpaired) electrons. The lowest BCUT2D eigenvalue weighted by Crippen LogP contribution is -2.30. The van der Waals surface area contributed by atoms with E-state index in [0.29, 0.717) is 35.1 Å². The van der Waals surface area contributed by atoms with E-state index >= 15 is 0 Å². The van der Waals surface area contributed by atoms with Gasteiger partial charge >= 0.3 is 18.1 Å². The number of pyridine rings is 1. The second kappa shape index (κ2) is 16.7. The van der Waals surface area contributed by atoms with E-state index in [1.54, 1.807) is 30.5 Å². The number of hydrogen-bond donors (Lipinski definition) is 4. The highest BCUT2D eigenvalue weighted by Gasteiger charge is 2.38. The molecule has 4 aromatic rings. The normalized spacial score (nSPS) is 11.4. The Hall–Kier alpha value is -5.10. The van der Waals surface area contributed by atoms with E-state index < -0.39 is 24.2 Å². The molecule has 9 nitrogen and oxygen atoms in total. The summed E-state index contributed by atoms with van der Waals surface area (Å²) in [7, 11) is 0. The van der Waals surface area contributed by atoms with Gasteiger partial charge in [-0.25, -0.2) is 9.78 Å². The van der Waals surface area contributed by atoms with Gasteiger partial charge in [0.2, 0.25) is 0 Å². The van der Waals surface area contributed by atoms with Crippen LogP contribution in [0.15, 0.2) is 97.2 Å². The summed E-state index contributed by atoms with van der Waals surface area (Å²) in [5, 5.41) is 23.3. The first-order chi connectivity index (χ1) is 21.4. The van der Waals surface area contributed by atoms with Crippen molar-refractivity contribution >= 4 is 35.3 Å². The summed E-state index contributed by atoms with van der Waals surface area (Å²) in [4.78, 5) is 37.7. The smallest absolute Gasteiger partial charge is 0.490 e. The number of anilines is 1. The number of rotatable bonds is 12. The first-order valence-electron chi connectivity index (χ1n) is 13.5. The van der Waals surface area contributed by atoms with E-state index in [2.05, 4.69) is 15.6 Å². The van der Waals surface area contributed by atoms with Crippen LogP contribution in [0.3, 0.4) is 0 Å². The van der Waals surface area contributed by atoms with Crippen molar-refractivity contribution < 1.29 is 42.5 Å². The Labute approximate surface area is 261 Å². The molecular weight excluding hydrogens is 615 g/mol. The number of amides is 1. The molecule has 1 unspecified atom stereocenters. The molecule has 1 aromatic heterocycles. The average molecular weight is 644 g/mol. The van der Waals surface area contributed by atoms with E-state index in [4.69, 9.17) is 26.2 Å². The standard InChI is InChI=1S/C30H28ClN3O4.C2HF3O2/c31-25-14-12-22(13-15-25)21-8-10-23(11-9-21)27(20-29(35)36)34-30(37)24-5-3-6-26(19-24)38-18-4-17-33-28-7-1-2-16-32-28;3-2(4,5)1(6)7/h1-3,5-16,19,27H,4,17-18,20H2,(H,32,33)(H,34,37)(H,35,36);(H,6,7). The molecule has 0 aliphatic heterocycles. The van der Waals surface area contributed by atoms with Crippen molar-refractivity contribution in [3.8, 4) is 16.9 Å². The predicted octanol–water partition coefficient (Wildman–Crippen LogP) is 6.86. The Morgan fingerprint density at radius 3 is 2.11 bits per heavy atom. The molecule has 13 heteroatoms. The van der Waals surface area contributed by atoms with Crippen molar-refractivity contribution in [2.24, 2.45) is 0 Å². The maximum absolute atomic E-state index is 13.0. The van der Waals surface area contributed by atoms with Gasteiger partial charge in [0, 0.05) is 23.3 Å². The Morgan fingerprint density at radius 2 is 1.53 bits per heavy atom. The van der Waals surface area contributed by atoms with Crippen LogP contribution in [-0.4, -0.2) is 52.4 Å². The maximum Gasteiger partial charge on any atom is 0.490 e. The summed E-state index contributed by atoms with van der Waals surface area (Å²) in [5.74, 6) is -2.76. The van der Waals surface area contributed by atoms with Crippen LogP contribution < -0.4 is 15.4 Å². The molecule has 4 rings (SSSR count). The van der Waals surface area contributed by atoms with Crippen molar-refractivity contribution in [1.29, 1.82) is 0 Å². The minimum absolute atomic E-state index is 0.245. The number of carbonyl (C=O) groups excluding carboxylic acids is 1. The largest absolute Gasteiger partial charge is 0.494 e. The SMILES string of the molecule is O=C(O)C(F)(F)F.O=C(O)CC(NC(=O)c1cccc(OCCCNc2ccccn2)c1)c1ccc(-c2ccc(Cl)cc2)cc1. The third-order valence-corrected chi connectivity index (χ3v) is 6.33. The fraction of sp³-hybridized carbons (Fsp3) is 0.188. The highest BCUT2D eigenvalue weighted by atomic mass is 35.5. The third-order valence-electron chi connectivity index (χ3n) is 6.07. The Balaban J connectivity index is 0.000000707. The lowest BCUT2D eigenvalue weighted by atomic mass is 9.98. The molecule has 0 bridgehead atoms. The number of benzene rings is 3. The van der Waals surface area contributed by atoms with Gasteiger partial charge in [0.15, 0.2) is 0 Å². The van der Waals surface area contributed by atoms with Crippen molar-refractivity contribution in [1.82, 2.24) is 10.3 Å². The Kier molecular flexibility index (Phi) is 12.7. The number of halogens is 4. The van der Waals surface area contributed by atoms with Gasteiger partial charge in [-0.3, -0.25) is 9.59 Å². The molecule has 0 spiro atoms. The molecule has 0 fully saturated rings. The fourth-order valence-corrected chi connectivity index (χ4v) is 4.02. The minimum atomic E-state index is -5.08. The number of ether oxygens (including phenoxy) is 1. The molecule has 0 aliphatic rings. The summed E-state index contributed by atoms with van der Waals surface area (Å²) in [5.41, 5.74) is 3.04. The van der Waals surface area contributed by atoms with Crippen molar-refractivity contribution in [2.75, 3.05) is 18.5 Å². The fourth-order valence-electron chi connectivity index (χ4n) is 3.89. The zero-order valence-electron chi connectivity index (χ0n) is 23.6. The summed E-state index contributed by atoms with van der Waals surface area (Å²) in [6.07, 6.45) is -2.85. The lowest BCUT2D eigenvalue weighted by Gasteiger charge is -2.18. The molecule has 0 aliphatic carbocycles. The second-order valence-electron chi connectivity index (χ2n) is 9.43. The number of nitrogens with one attached hydrogen (secondary N) is 2. The molecule has 45 heavy (non-hydrogen) atoms. The number of nitrogens with zero attached hydrogens (tertiary/aromatic N) is 1. The summed E-state index contributed by atoms with van der Waals surface area (Å²) < 4.78 is 37.5. The molecule has 1 amide bonds. The number of carboxylic acid groups (broad SMARTS) is 2. The molecule has 4 N–H and O–H groups in total. The summed E-state index contributed by atoms with van der Waals surface area (Å²) in [6.45, 7) is 1.16. The number of carbonyl (C=O) groups is 3. The number of alkyl halides is 3. The van der Waals surface area contributed by atoms with Gasteiger partial charge in [-0.05, 0) is 65.6 Å². The van der Waals surface area contributed by atoms with Crippen molar-refractivity contribution in [2.45, 2.75) is 25.1 Å². The van der Waals surface area contributed by atoms with Crippen LogP contribution >= 0.6 is 11.6 Å². The molecule has 1 heterocycles. The molecule has 0 saturated heterocycles. The van der Waals surface area contributed by atoms with Crippen LogP contribution in [0, 0.1) is 0 Å². The summed E-state index contributed by atoms with van der Waals surface area (Å²) >= 11 is 5.97. The molecule has 1 atom stereocenters. The van der Waals surface area contributed by atoms with E-state index in [9.17, 15) is 27.9 Å². The first-order valence-corrected chi connectivity index (χ1v) is 13.9. The van der Waals surface area contributed by atoms with Gasteiger partial charge in [-0.2, -0.15) is 13.2 Å². The highest BCUT2D eigenvalue weighted by molar-refractivity contribution is 6.30. The first kappa shape index (κ1) is 34.4. The Morgan fingerprint density at radius 1 is 0.889 bits per heavy atom. The van der Waals surface area contributed by atoms with E-state index in [1.807, 2.05) is 66.7 Å². The average Bonchev–Trinajstić information content (AvgIpc) is 3.01. The van der Waals surface area contributed by atoms with Crippen molar-refractivity contribution in [3.05, 3.63) is 113 Å².